The first kappa shape index (κ1) is 13.4. The van der Waals surface area contributed by atoms with E-state index in [-0.39, 0.29) is 6.04 Å². The summed E-state index contributed by atoms with van der Waals surface area (Å²) in [6.45, 7) is 4.40. The van der Waals surface area contributed by atoms with Gasteiger partial charge in [0.1, 0.15) is 0 Å². The molecule has 1 saturated heterocycles. The number of nitrogens with zero attached hydrogens (tertiary/aromatic N) is 1. The van der Waals surface area contributed by atoms with E-state index >= 15 is 0 Å². The second-order valence-electron chi connectivity index (χ2n) is 6.79. The maximum Gasteiger partial charge on any atom is 0.241 e. The van der Waals surface area contributed by atoms with E-state index in [9.17, 15) is 4.79 Å². The SMILES string of the molecule is CCC1NC(C2CCCC2)N(C(C)C2CCC2)C1=O. The molecule has 3 atom stereocenters. The number of hydrogen-bond acceptors (Lipinski definition) is 2. The van der Waals surface area contributed by atoms with Gasteiger partial charge in [-0.1, -0.05) is 26.2 Å². The molecule has 0 aromatic rings. The summed E-state index contributed by atoms with van der Waals surface area (Å²) in [7, 11) is 0. The highest BCUT2D eigenvalue weighted by Gasteiger charge is 2.46. The Labute approximate surface area is 117 Å². The van der Waals surface area contributed by atoms with Crippen molar-refractivity contribution in [2.45, 2.75) is 83.5 Å². The lowest BCUT2D eigenvalue weighted by Crippen LogP contribution is -2.50. The lowest BCUT2D eigenvalue weighted by Gasteiger charge is -2.41. The van der Waals surface area contributed by atoms with Crippen molar-refractivity contribution in [2.24, 2.45) is 11.8 Å². The Kier molecular flexibility index (Phi) is 3.84. The summed E-state index contributed by atoms with van der Waals surface area (Å²) in [6.07, 6.45) is 10.5. The molecule has 3 aliphatic rings. The Morgan fingerprint density at radius 3 is 2.42 bits per heavy atom. The Morgan fingerprint density at radius 2 is 1.89 bits per heavy atom. The highest BCUT2D eigenvalue weighted by Crippen LogP contribution is 2.38. The van der Waals surface area contributed by atoms with E-state index in [4.69, 9.17) is 0 Å². The van der Waals surface area contributed by atoms with Gasteiger partial charge in [0.05, 0.1) is 12.2 Å². The van der Waals surface area contributed by atoms with Crippen LogP contribution in [0.4, 0.5) is 0 Å². The minimum absolute atomic E-state index is 0.0770. The van der Waals surface area contributed by atoms with E-state index in [1.54, 1.807) is 0 Å². The van der Waals surface area contributed by atoms with Crippen molar-refractivity contribution in [1.82, 2.24) is 10.2 Å². The summed E-state index contributed by atoms with van der Waals surface area (Å²) in [6, 6.07) is 0.518. The maximum atomic E-state index is 12.7. The zero-order valence-corrected chi connectivity index (χ0v) is 12.4. The van der Waals surface area contributed by atoms with Crippen LogP contribution in [0.3, 0.4) is 0 Å². The molecule has 1 heterocycles. The van der Waals surface area contributed by atoms with Gasteiger partial charge in [0, 0.05) is 6.04 Å². The Morgan fingerprint density at radius 1 is 1.21 bits per heavy atom. The van der Waals surface area contributed by atoms with Crippen LogP contribution in [-0.2, 0) is 4.79 Å². The van der Waals surface area contributed by atoms with Crippen LogP contribution in [0.2, 0.25) is 0 Å². The number of nitrogens with one attached hydrogen (secondary N) is 1. The summed E-state index contributed by atoms with van der Waals surface area (Å²) >= 11 is 0. The van der Waals surface area contributed by atoms with Gasteiger partial charge in [-0.05, 0) is 50.9 Å². The number of rotatable bonds is 4. The van der Waals surface area contributed by atoms with E-state index in [0.29, 0.717) is 24.0 Å². The predicted molar refractivity (Wildman–Crippen MR) is 76.6 cm³/mol. The lowest BCUT2D eigenvalue weighted by atomic mass is 9.79. The van der Waals surface area contributed by atoms with E-state index < -0.39 is 0 Å². The first-order chi connectivity index (χ1) is 9.22. The summed E-state index contributed by atoms with van der Waals surface area (Å²) in [4.78, 5) is 14.9. The molecule has 0 spiro atoms. The molecular formula is C16H28N2O. The molecule has 3 nitrogen and oxygen atoms in total. The van der Waals surface area contributed by atoms with Crippen LogP contribution < -0.4 is 5.32 Å². The molecule has 2 saturated carbocycles. The lowest BCUT2D eigenvalue weighted by molar-refractivity contribution is -0.134. The van der Waals surface area contributed by atoms with Crippen LogP contribution in [0.1, 0.15) is 65.2 Å². The van der Waals surface area contributed by atoms with Gasteiger partial charge in [0.15, 0.2) is 0 Å². The van der Waals surface area contributed by atoms with Crippen molar-refractivity contribution < 1.29 is 4.79 Å². The predicted octanol–water partition coefficient (Wildman–Crippen LogP) is 2.90. The standard InChI is InChI=1S/C16H28N2O/c1-3-14-16(19)18(11(2)12-9-6-10-12)15(17-14)13-7-4-5-8-13/h11-15,17H,3-10H2,1-2H3. The smallest absolute Gasteiger partial charge is 0.241 e. The zero-order valence-electron chi connectivity index (χ0n) is 12.4. The fraction of sp³-hybridized carbons (Fsp3) is 0.938. The van der Waals surface area contributed by atoms with Gasteiger partial charge in [-0.25, -0.2) is 0 Å². The normalized spacial score (nSPS) is 34.8. The molecule has 0 aromatic carbocycles. The molecule has 3 fully saturated rings. The Bertz CT molecular complexity index is 334. The van der Waals surface area contributed by atoms with E-state index in [1.807, 2.05) is 0 Å². The van der Waals surface area contributed by atoms with Crippen molar-refractivity contribution in [2.75, 3.05) is 0 Å². The third kappa shape index (κ3) is 2.31. The average molecular weight is 264 g/mol. The minimum atomic E-state index is 0.0770. The van der Waals surface area contributed by atoms with Gasteiger partial charge in [-0.3, -0.25) is 10.1 Å². The van der Waals surface area contributed by atoms with E-state index in [0.717, 1.165) is 12.3 Å². The number of carbonyl (C=O) groups is 1. The monoisotopic (exact) mass is 264 g/mol. The van der Waals surface area contributed by atoms with Gasteiger partial charge < -0.3 is 4.90 Å². The quantitative estimate of drug-likeness (QED) is 0.847. The van der Waals surface area contributed by atoms with Gasteiger partial charge >= 0.3 is 0 Å². The molecule has 1 N–H and O–H groups in total. The number of amides is 1. The van der Waals surface area contributed by atoms with Gasteiger partial charge in [-0.15, -0.1) is 0 Å². The van der Waals surface area contributed by atoms with E-state index in [1.165, 1.54) is 44.9 Å². The molecule has 3 heteroatoms. The van der Waals surface area contributed by atoms with Crippen molar-refractivity contribution in [3.8, 4) is 0 Å². The fourth-order valence-corrected chi connectivity index (χ4v) is 4.21. The molecule has 1 amide bonds. The van der Waals surface area contributed by atoms with Crippen LogP contribution in [0.25, 0.3) is 0 Å². The first-order valence-electron chi connectivity index (χ1n) is 8.30. The summed E-state index contributed by atoms with van der Waals surface area (Å²) in [5, 5.41) is 3.64. The van der Waals surface area contributed by atoms with Crippen LogP contribution >= 0.6 is 0 Å². The highest BCUT2D eigenvalue weighted by molar-refractivity contribution is 5.84. The summed E-state index contributed by atoms with van der Waals surface area (Å²) in [5.41, 5.74) is 0. The minimum Gasteiger partial charge on any atom is -0.323 e. The summed E-state index contributed by atoms with van der Waals surface area (Å²) < 4.78 is 0. The molecule has 0 radical (unpaired) electrons. The molecule has 3 rings (SSSR count). The first-order valence-corrected chi connectivity index (χ1v) is 8.30. The zero-order chi connectivity index (χ0) is 13.4. The van der Waals surface area contributed by atoms with Crippen molar-refractivity contribution in [1.29, 1.82) is 0 Å². The maximum absolute atomic E-state index is 12.7. The van der Waals surface area contributed by atoms with Crippen LogP contribution in [0, 0.1) is 11.8 Å². The molecule has 0 bridgehead atoms. The molecule has 19 heavy (non-hydrogen) atoms. The third-order valence-electron chi connectivity index (χ3n) is 5.75. The third-order valence-corrected chi connectivity index (χ3v) is 5.75. The highest BCUT2D eigenvalue weighted by atomic mass is 16.2. The molecule has 2 aliphatic carbocycles. The second-order valence-corrected chi connectivity index (χ2v) is 6.79. The van der Waals surface area contributed by atoms with Gasteiger partial charge in [-0.2, -0.15) is 0 Å². The fourth-order valence-electron chi connectivity index (χ4n) is 4.21. The van der Waals surface area contributed by atoms with Gasteiger partial charge in [0.25, 0.3) is 0 Å². The number of hydrogen-bond donors (Lipinski definition) is 1. The molecular weight excluding hydrogens is 236 g/mol. The van der Waals surface area contributed by atoms with E-state index in [2.05, 4.69) is 24.1 Å². The van der Waals surface area contributed by atoms with Crippen LogP contribution in [-0.4, -0.2) is 29.1 Å². The van der Waals surface area contributed by atoms with Gasteiger partial charge in [0.2, 0.25) is 5.91 Å². The average Bonchev–Trinajstić information content (AvgIpc) is 2.93. The van der Waals surface area contributed by atoms with Crippen LogP contribution in [0.15, 0.2) is 0 Å². The number of carbonyl (C=O) groups excluding carboxylic acids is 1. The topological polar surface area (TPSA) is 32.3 Å². The molecule has 1 aliphatic heterocycles. The van der Waals surface area contributed by atoms with Crippen LogP contribution in [0.5, 0.6) is 0 Å². The van der Waals surface area contributed by atoms with Crippen molar-refractivity contribution in [3.05, 3.63) is 0 Å². The second kappa shape index (κ2) is 5.43. The Balaban J connectivity index is 1.76. The largest absolute Gasteiger partial charge is 0.323 e. The molecule has 0 aromatic heterocycles. The Hall–Kier alpha value is -0.570. The molecule has 108 valence electrons. The summed E-state index contributed by atoms with van der Waals surface area (Å²) in [5.74, 6) is 1.83. The molecule has 3 unspecified atom stereocenters. The van der Waals surface area contributed by atoms with Crippen molar-refractivity contribution in [3.63, 3.8) is 0 Å². The van der Waals surface area contributed by atoms with Crippen molar-refractivity contribution >= 4 is 5.91 Å².